The molecule has 53 heavy (non-hydrogen) atoms. The van der Waals surface area contributed by atoms with Gasteiger partial charge in [0.25, 0.3) is 23.6 Å². The maximum atomic E-state index is 13.6. The predicted octanol–water partition coefficient (Wildman–Crippen LogP) is 2.12. The van der Waals surface area contributed by atoms with E-state index in [4.69, 9.17) is 10.6 Å². The van der Waals surface area contributed by atoms with Gasteiger partial charge in [0.15, 0.2) is 23.2 Å². The molecule has 4 aliphatic rings. The standard InChI is InChI=1S/C35H34N8O8S2/c36-35-38-25(18-53-35)27(40-51-24-5-1-2-6-24)30(46)39-28-32(48)43-29(34(49)50)20(17-52-33(28)43)14-19-11-13-42(31(19)47)22-4-3-12-41(15-22)16-26(45)37-21-7-9-23(44)10-8-21/h3-4,7-10,12,14-15,18,24,28,33H,1-2,5-6,11,13,16-17H2,(H5-,36,37,38,39,40,44,45,46,49,50)/p+1/b19-14+/t28-,33-/m1/s1. The molecule has 0 radical (unpaired) electrons. The summed E-state index contributed by atoms with van der Waals surface area (Å²) in [6.45, 7) is 0.301. The van der Waals surface area contributed by atoms with Crippen molar-refractivity contribution in [2.45, 2.75) is 56.2 Å². The van der Waals surface area contributed by atoms with Gasteiger partial charge in [-0.25, -0.2) is 9.78 Å². The molecule has 0 bridgehead atoms. The Kier molecular flexibility index (Phi) is 10.1. The van der Waals surface area contributed by atoms with Crippen LogP contribution in [0.1, 0.15) is 37.8 Å². The van der Waals surface area contributed by atoms with Gasteiger partial charge in [-0.3, -0.25) is 24.1 Å². The van der Waals surface area contributed by atoms with E-state index in [2.05, 4.69) is 20.8 Å². The summed E-state index contributed by atoms with van der Waals surface area (Å²) in [4.78, 5) is 78.1. The molecule has 3 aliphatic heterocycles. The summed E-state index contributed by atoms with van der Waals surface area (Å²) >= 11 is 2.40. The van der Waals surface area contributed by atoms with Crippen LogP contribution in [0, 0.1) is 0 Å². The highest BCUT2D eigenvalue weighted by molar-refractivity contribution is 8.00. The average molecular weight is 760 g/mol. The van der Waals surface area contributed by atoms with Crippen LogP contribution >= 0.6 is 23.1 Å². The number of carboxylic acids is 1. The monoisotopic (exact) mass is 759 g/mol. The average Bonchev–Trinajstić information content (AvgIpc) is 3.90. The summed E-state index contributed by atoms with van der Waals surface area (Å²) in [5, 5.41) is 30.4. The van der Waals surface area contributed by atoms with Crippen molar-refractivity contribution in [3.8, 4) is 5.75 Å². The van der Waals surface area contributed by atoms with E-state index in [1.807, 2.05) is 0 Å². The second kappa shape index (κ2) is 15.1. The van der Waals surface area contributed by atoms with Crippen molar-refractivity contribution in [3.63, 3.8) is 0 Å². The van der Waals surface area contributed by atoms with Crippen molar-refractivity contribution < 1.29 is 43.6 Å². The van der Waals surface area contributed by atoms with Crippen LogP contribution in [0.2, 0.25) is 0 Å². The van der Waals surface area contributed by atoms with Crippen molar-refractivity contribution in [2.75, 3.05) is 28.2 Å². The Labute approximate surface area is 311 Å². The van der Waals surface area contributed by atoms with E-state index >= 15 is 0 Å². The van der Waals surface area contributed by atoms with Gasteiger partial charge >= 0.3 is 5.97 Å². The Hall–Kier alpha value is -5.75. The maximum absolute atomic E-state index is 13.6. The summed E-state index contributed by atoms with van der Waals surface area (Å²) in [5.41, 5.74) is 7.40. The number of β-lactam (4-membered cyclic amide) rings is 1. The number of aromatic nitrogens is 2. The van der Waals surface area contributed by atoms with Crippen molar-refractivity contribution >= 4 is 74.9 Å². The number of carbonyl (C=O) groups excluding carboxylic acids is 4. The number of nitrogens with zero attached hydrogens (tertiary/aromatic N) is 5. The number of hydrogen-bond donors (Lipinski definition) is 5. The van der Waals surface area contributed by atoms with E-state index in [-0.39, 0.29) is 58.2 Å². The molecule has 2 saturated heterocycles. The van der Waals surface area contributed by atoms with Crippen LogP contribution in [0.3, 0.4) is 0 Å². The number of allylic oxidation sites excluding steroid dienone is 1. The minimum absolute atomic E-state index is 0.0279. The number of hydrogen-bond acceptors (Lipinski definition) is 12. The van der Waals surface area contributed by atoms with Gasteiger partial charge in [-0.15, -0.1) is 23.1 Å². The molecule has 6 N–H and O–H groups in total. The first-order valence-corrected chi connectivity index (χ1v) is 18.8. The number of aliphatic carboxylic acids is 1. The number of rotatable bonds is 11. The molecule has 18 heteroatoms. The van der Waals surface area contributed by atoms with E-state index in [1.54, 1.807) is 51.5 Å². The van der Waals surface area contributed by atoms with E-state index in [0.29, 0.717) is 35.5 Å². The number of phenols is 1. The highest BCUT2D eigenvalue weighted by Gasteiger charge is 2.54. The fourth-order valence-electron chi connectivity index (χ4n) is 6.57. The fourth-order valence-corrected chi connectivity index (χ4v) is 8.42. The molecular formula is C35H35N8O8S2+. The number of carboxylic acid groups (broad SMARTS) is 1. The highest BCUT2D eigenvalue weighted by Crippen LogP contribution is 2.41. The smallest absolute Gasteiger partial charge is 0.352 e. The van der Waals surface area contributed by atoms with E-state index in [0.717, 1.165) is 41.9 Å². The first-order valence-electron chi connectivity index (χ1n) is 16.8. The lowest BCUT2D eigenvalue weighted by molar-refractivity contribution is -0.683. The molecule has 2 atom stereocenters. The van der Waals surface area contributed by atoms with Gasteiger partial charge in [0.05, 0.1) is 0 Å². The first kappa shape index (κ1) is 35.6. The van der Waals surface area contributed by atoms with Gasteiger partial charge < -0.3 is 36.3 Å². The van der Waals surface area contributed by atoms with E-state index < -0.39 is 29.2 Å². The zero-order chi connectivity index (χ0) is 37.2. The van der Waals surface area contributed by atoms with Crippen LogP contribution in [-0.2, 0) is 35.4 Å². The molecule has 4 amide bonds. The topological polar surface area (TPSA) is 221 Å². The summed E-state index contributed by atoms with van der Waals surface area (Å²) in [7, 11) is 0. The number of nitrogens with one attached hydrogen (secondary N) is 2. The van der Waals surface area contributed by atoms with Crippen LogP contribution in [-0.4, -0.2) is 85.2 Å². The molecule has 3 aromatic rings. The Morgan fingerprint density at radius 2 is 1.92 bits per heavy atom. The van der Waals surface area contributed by atoms with Crippen molar-refractivity contribution in [2.24, 2.45) is 5.16 Å². The number of thioether (sulfide) groups is 1. The largest absolute Gasteiger partial charge is 0.508 e. The minimum atomic E-state index is -1.33. The lowest BCUT2D eigenvalue weighted by Gasteiger charge is -2.49. The van der Waals surface area contributed by atoms with Gasteiger partial charge in [0, 0.05) is 35.0 Å². The van der Waals surface area contributed by atoms with Crippen LogP contribution < -0.4 is 25.8 Å². The second-order valence-corrected chi connectivity index (χ2v) is 14.8. The molecule has 2 aromatic heterocycles. The number of benzene rings is 1. The number of nitrogen functional groups attached to an aromatic ring is 1. The fraction of sp³-hybridized carbons (Fsp3) is 0.314. The molecule has 3 fully saturated rings. The lowest BCUT2D eigenvalue weighted by Crippen LogP contribution is -2.71. The third-order valence-corrected chi connectivity index (χ3v) is 11.1. The normalized spacial score (nSPS) is 21.1. The molecule has 0 unspecified atom stereocenters. The molecule has 274 valence electrons. The molecule has 5 heterocycles. The van der Waals surface area contributed by atoms with Crippen LogP contribution in [0.4, 0.5) is 16.5 Å². The number of anilines is 3. The van der Waals surface area contributed by atoms with E-state index in [9.17, 15) is 34.2 Å². The van der Waals surface area contributed by atoms with Crippen LogP contribution in [0.5, 0.6) is 5.75 Å². The number of amides is 4. The molecular weight excluding hydrogens is 725 g/mol. The summed E-state index contributed by atoms with van der Waals surface area (Å²) < 4.78 is 1.64. The third kappa shape index (κ3) is 7.59. The Balaban J connectivity index is 1.03. The van der Waals surface area contributed by atoms with Crippen molar-refractivity contribution in [1.29, 1.82) is 0 Å². The predicted molar refractivity (Wildman–Crippen MR) is 195 cm³/mol. The molecule has 7 rings (SSSR count). The minimum Gasteiger partial charge on any atom is -0.508 e. The van der Waals surface area contributed by atoms with Crippen molar-refractivity contribution in [1.82, 2.24) is 15.2 Å². The zero-order valence-electron chi connectivity index (χ0n) is 28.1. The lowest BCUT2D eigenvalue weighted by atomic mass is 10.0. The maximum Gasteiger partial charge on any atom is 0.352 e. The molecule has 16 nitrogen and oxygen atoms in total. The second-order valence-electron chi connectivity index (χ2n) is 12.8. The number of pyridine rings is 1. The quantitative estimate of drug-likeness (QED) is 0.0476. The van der Waals surface area contributed by atoms with Gasteiger partial charge in [-0.05, 0) is 74.1 Å². The van der Waals surface area contributed by atoms with Crippen molar-refractivity contribution in [3.05, 3.63) is 82.8 Å². The summed E-state index contributed by atoms with van der Waals surface area (Å²) in [6, 6.07) is 8.52. The van der Waals surface area contributed by atoms with Gasteiger partial charge in [0.2, 0.25) is 6.54 Å². The number of thiazole rings is 1. The molecule has 1 aromatic carbocycles. The Morgan fingerprint density at radius 1 is 1.15 bits per heavy atom. The van der Waals surface area contributed by atoms with Crippen LogP contribution in [0.25, 0.3) is 0 Å². The zero-order valence-corrected chi connectivity index (χ0v) is 29.8. The number of aromatic hydroxyl groups is 1. The number of phenolic OH excluding ortho intramolecular Hbond substituents is 1. The number of fused-ring (bicyclic) bond motifs is 1. The highest BCUT2D eigenvalue weighted by atomic mass is 32.2. The number of carbonyl (C=O) groups is 5. The third-order valence-electron chi connectivity index (χ3n) is 9.17. The summed E-state index contributed by atoms with van der Waals surface area (Å²) in [5.74, 6) is -3.01. The number of oxime groups is 1. The Bertz CT molecular complexity index is 2070. The Morgan fingerprint density at radius 3 is 2.64 bits per heavy atom. The number of nitrogens with two attached hydrogens (primary N) is 1. The van der Waals surface area contributed by atoms with Crippen LogP contribution in [0.15, 0.2) is 82.2 Å². The van der Waals surface area contributed by atoms with Gasteiger partial charge in [0.1, 0.15) is 40.3 Å². The van der Waals surface area contributed by atoms with Gasteiger partial charge in [-0.2, -0.15) is 4.57 Å². The van der Waals surface area contributed by atoms with Gasteiger partial charge in [-0.1, -0.05) is 5.16 Å². The van der Waals surface area contributed by atoms with E-state index in [1.165, 1.54) is 30.0 Å². The molecule has 1 aliphatic carbocycles. The molecule has 1 saturated carbocycles. The SMILES string of the molecule is Nc1nc(/C(=N/OC2CCCC2)C(=O)N[C@@H]2C(=O)N3C(C(=O)O)=C(/C=C4\CCN(c5ccc[n+](CC(=O)Nc6ccc(O)cc6)c5)C4=O)CS[C@H]23)cs1. The summed E-state index contributed by atoms with van der Waals surface area (Å²) in [6.07, 6.45) is 8.74. The first-order chi connectivity index (χ1) is 25.5. The molecule has 0 spiro atoms.